The van der Waals surface area contributed by atoms with Crippen molar-refractivity contribution in [1.29, 1.82) is 0 Å². The highest BCUT2D eigenvalue weighted by molar-refractivity contribution is 5.08. The summed E-state index contributed by atoms with van der Waals surface area (Å²) < 4.78 is 0. The Balaban J connectivity index is 2.05. The second-order valence-corrected chi connectivity index (χ2v) is 6.51. The fourth-order valence-electron chi connectivity index (χ4n) is 3.71. The lowest BCUT2D eigenvalue weighted by Crippen LogP contribution is -2.07. The van der Waals surface area contributed by atoms with Crippen molar-refractivity contribution in [2.24, 2.45) is 11.8 Å². The zero-order chi connectivity index (χ0) is 14.5. The van der Waals surface area contributed by atoms with Gasteiger partial charge in [-0.1, -0.05) is 83.1 Å². The van der Waals surface area contributed by atoms with Gasteiger partial charge >= 0.3 is 0 Å². The van der Waals surface area contributed by atoms with Gasteiger partial charge in [-0.3, -0.25) is 0 Å². The molecule has 1 saturated carbocycles. The Labute approximate surface area is 127 Å². The van der Waals surface area contributed by atoms with Crippen LogP contribution in [0.25, 0.3) is 0 Å². The predicted molar refractivity (Wildman–Crippen MR) is 90.6 cm³/mol. The van der Waals surface area contributed by atoms with Gasteiger partial charge in [-0.15, -0.1) is 6.42 Å². The molecule has 0 aliphatic heterocycles. The van der Waals surface area contributed by atoms with E-state index >= 15 is 0 Å². The molecule has 2 atom stereocenters. The molecule has 114 valence electrons. The molecule has 0 N–H and O–H groups in total. The van der Waals surface area contributed by atoms with Crippen LogP contribution in [0.2, 0.25) is 0 Å². The molecule has 1 aliphatic rings. The largest absolute Gasteiger partial charge is 0.115 e. The molecule has 1 rings (SSSR count). The fraction of sp³-hybridized carbons (Fsp3) is 0.800. The van der Waals surface area contributed by atoms with Gasteiger partial charge in [0.1, 0.15) is 0 Å². The van der Waals surface area contributed by atoms with Gasteiger partial charge < -0.3 is 0 Å². The van der Waals surface area contributed by atoms with Gasteiger partial charge in [0, 0.05) is 0 Å². The number of allylic oxidation sites excluding steroid dienone is 2. The number of terminal acetylenes is 1. The van der Waals surface area contributed by atoms with Crippen LogP contribution < -0.4 is 0 Å². The molecule has 0 radical (unpaired) electrons. The average Bonchev–Trinajstić information content (AvgIpc) is 2.90. The highest BCUT2D eigenvalue weighted by Crippen LogP contribution is 2.38. The molecule has 0 unspecified atom stereocenters. The highest BCUT2D eigenvalue weighted by atomic mass is 14.3. The van der Waals surface area contributed by atoms with E-state index in [9.17, 15) is 0 Å². The van der Waals surface area contributed by atoms with Crippen molar-refractivity contribution in [1.82, 2.24) is 0 Å². The molecule has 20 heavy (non-hydrogen) atoms. The lowest BCUT2D eigenvalue weighted by atomic mass is 9.87. The molecule has 0 aromatic rings. The van der Waals surface area contributed by atoms with Gasteiger partial charge in [0.05, 0.1) is 0 Å². The van der Waals surface area contributed by atoms with E-state index in [2.05, 4.69) is 18.9 Å². The van der Waals surface area contributed by atoms with Crippen molar-refractivity contribution in [3.05, 3.63) is 12.2 Å². The predicted octanol–water partition coefficient (Wildman–Crippen LogP) is 6.51. The molecule has 0 amide bonds. The van der Waals surface area contributed by atoms with Crippen molar-refractivity contribution in [3.8, 4) is 12.3 Å². The fourth-order valence-corrected chi connectivity index (χ4v) is 3.71. The van der Waals surface area contributed by atoms with Crippen LogP contribution in [-0.2, 0) is 0 Å². The SMILES string of the molecule is C#CC=CCCC[C@H]1CCC[C@@H]1CCCCCCCC. The van der Waals surface area contributed by atoms with Crippen LogP contribution in [-0.4, -0.2) is 0 Å². The Kier molecular flexibility index (Phi) is 10.5. The van der Waals surface area contributed by atoms with Crippen molar-refractivity contribution in [3.63, 3.8) is 0 Å². The van der Waals surface area contributed by atoms with Crippen LogP contribution >= 0.6 is 0 Å². The van der Waals surface area contributed by atoms with Gasteiger partial charge in [-0.05, 0) is 37.2 Å². The van der Waals surface area contributed by atoms with Gasteiger partial charge in [-0.2, -0.15) is 0 Å². The van der Waals surface area contributed by atoms with E-state index in [0.29, 0.717) is 0 Å². The van der Waals surface area contributed by atoms with E-state index in [1.165, 1.54) is 83.5 Å². The Morgan fingerprint density at radius 1 is 0.950 bits per heavy atom. The molecule has 0 spiro atoms. The summed E-state index contributed by atoms with van der Waals surface area (Å²) in [7, 11) is 0. The number of rotatable bonds is 11. The molecule has 0 aromatic heterocycles. The minimum atomic E-state index is 1.02. The van der Waals surface area contributed by atoms with Crippen LogP contribution in [0.15, 0.2) is 12.2 Å². The zero-order valence-corrected chi connectivity index (χ0v) is 13.6. The third kappa shape index (κ3) is 7.78. The smallest absolute Gasteiger partial charge is 0.0162 e. The van der Waals surface area contributed by atoms with E-state index in [4.69, 9.17) is 6.42 Å². The minimum Gasteiger partial charge on any atom is -0.115 e. The van der Waals surface area contributed by atoms with E-state index in [0.717, 1.165) is 11.8 Å². The summed E-state index contributed by atoms with van der Waals surface area (Å²) in [5, 5.41) is 0. The molecule has 1 fully saturated rings. The number of hydrogen-bond donors (Lipinski definition) is 0. The van der Waals surface area contributed by atoms with Gasteiger partial charge in [0.25, 0.3) is 0 Å². The Morgan fingerprint density at radius 2 is 1.60 bits per heavy atom. The second-order valence-electron chi connectivity index (χ2n) is 6.51. The lowest BCUT2D eigenvalue weighted by molar-refractivity contribution is 0.327. The number of unbranched alkanes of at least 4 members (excludes halogenated alkanes) is 6. The van der Waals surface area contributed by atoms with Crippen LogP contribution in [0.3, 0.4) is 0 Å². The topological polar surface area (TPSA) is 0 Å². The molecular formula is C20H34. The van der Waals surface area contributed by atoms with Crippen LogP contribution in [0, 0.1) is 24.2 Å². The van der Waals surface area contributed by atoms with Gasteiger partial charge in [0.15, 0.2) is 0 Å². The normalized spacial score (nSPS) is 22.4. The maximum absolute atomic E-state index is 5.22. The van der Waals surface area contributed by atoms with Crippen LogP contribution in [0.4, 0.5) is 0 Å². The third-order valence-electron chi connectivity index (χ3n) is 4.90. The molecule has 1 aliphatic carbocycles. The molecule has 0 saturated heterocycles. The Hall–Kier alpha value is -0.700. The summed E-state index contributed by atoms with van der Waals surface area (Å²) in [6.45, 7) is 2.29. The van der Waals surface area contributed by atoms with E-state index in [1.807, 2.05) is 6.08 Å². The third-order valence-corrected chi connectivity index (χ3v) is 4.90. The summed E-state index contributed by atoms with van der Waals surface area (Å²) in [6, 6.07) is 0. The van der Waals surface area contributed by atoms with Crippen LogP contribution in [0.1, 0.15) is 90.4 Å². The van der Waals surface area contributed by atoms with E-state index < -0.39 is 0 Å². The summed E-state index contributed by atoms with van der Waals surface area (Å²) in [5.74, 6) is 4.63. The highest BCUT2D eigenvalue weighted by Gasteiger charge is 2.25. The van der Waals surface area contributed by atoms with Crippen molar-refractivity contribution >= 4 is 0 Å². The van der Waals surface area contributed by atoms with Gasteiger partial charge in [-0.25, -0.2) is 0 Å². The first-order valence-corrected chi connectivity index (χ1v) is 8.99. The quantitative estimate of drug-likeness (QED) is 0.297. The summed E-state index contributed by atoms with van der Waals surface area (Å²) in [6.07, 6.45) is 27.7. The maximum Gasteiger partial charge on any atom is -0.0162 e. The Bertz CT molecular complexity index is 281. The molecular weight excluding hydrogens is 240 g/mol. The van der Waals surface area contributed by atoms with E-state index in [1.54, 1.807) is 0 Å². The van der Waals surface area contributed by atoms with Crippen LogP contribution in [0.5, 0.6) is 0 Å². The van der Waals surface area contributed by atoms with Crippen molar-refractivity contribution < 1.29 is 0 Å². The Morgan fingerprint density at radius 3 is 2.30 bits per heavy atom. The van der Waals surface area contributed by atoms with Gasteiger partial charge in [0.2, 0.25) is 0 Å². The first-order chi connectivity index (χ1) is 9.88. The number of hydrogen-bond acceptors (Lipinski definition) is 0. The first-order valence-electron chi connectivity index (χ1n) is 8.99. The molecule has 0 heterocycles. The summed E-state index contributed by atoms with van der Waals surface area (Å²) >= 11 is 0. The van der Waals surface area contributed by atoms with E-state index in [-0.39, 0.29) is 0 Å². The summed E-state index contributed by atoms with van der Waals surface area (Å²) in [5.41, 5.74) is 0. The monoisotopic (exact) mass is 274 g/mol. The van der Waals surface area contributed by atoms with Crippen molar-refractivity contribution in [2.75, 3.05) is 0 Å². The average molecular weight is 274 g/mol. The van der Waals surface area contributed by atoms with Crippen molar-refractivity contribution in [2.45, 2.75) is 90.4 Å². The molecule has 0 nitrogen and oxygen atoms in total. The standard InChI is InChI=1S/C20H34/c1-3-5-7-9-11-13-16-20-18-14-17-19(20)15-12-10-8-6-4-2/h2,6,8,19-20H,3,5,7,9-18H2,1H3/t19-,20-/m0/s1. The molecule has 0 aromatic carbocycles. The second kappa shape index (κ2) is 12.1. The maximum atomic E-state index is 5.22. The lowest BCUT2D eigenvalue weighted by Gasteiger charge is -2.19. The summed E-state index contributed by atoms with van der Waals surface area (Å²) in [4.78, 5) is 0. The first kappa shape index (κ1) is 17.4. The molecule has 0 heteroatoms. The zero-order valence-electron chi connectivity index (χ0n) is 13.6. The minimum absolute atomic E-state index is 1.02. The molecule has 0 bridgehead atoms.